The molecule has 0 amide bonds. The van der Waals surface area contributed by atoms with Crippen LogP contribution >= 0.6 is 0 Å². The van der Waals surface area contributed by atoms with Crippen molar-refractivity contribution in [3.8, 4) is 22.8 Å². The number of benzene rings is 2. The number of anilines is 1. The van der Waals surface area contributed by atoms with E-state index in [-0.39, 0.29) is 12.8 Å². The van der Waals surface area contributed by atoms with Crippen LogP contribution in [0.1, 0.15) is 12.0 Å². The molecule has 8 nitrogen and oxygen atoms in total. The standard InChI is InChI=1S/C25H24F2N4O4/c26-22(27)15-17-14-16(4-5-20(17)31-10-12-34-13-11-31)24-28-25(35-29-24)19-2-1-3-21-18(19)6-8-30(21)9-7-23(32)33/h1-6,8,14,22H,7,9-13,15H2,(H,32,33). The van der Waals surface area contributed by atoms with Crippen molar-refractivity contribution in [1.82, 2.24) is 14.7 Å². The van der Waals surface area contributed by atoms with E-state index in [0.717, 1.165) is 16.6 Å². The number of fused-ring (bicyclic) bond motifs is 1. The summed E-state index contributed by atoms with van der Waals surface area (Å²) in [6.07, 6.45) is -1.00. The SMILES string of the molecule is O=C(O)CCn1ccc2c(-c3nc(-c4ccc(N5CCOCC5)c(CC(F)F)c4)no3)cccc21. The Kier molecular flexibility index (Phi) is 6.45. The Labute approximate surface area is 199 Å². The van der Waals surface area contributed by atoms with E-state index in [4.69, 9.17) is 14.4 Å². The number of rotatable bonds is 8. The van der Waals surface area contributed by atoms with Gasteiger partial charge in [0.05, 0.1) is 19.6 Å². The van der Waals surface area contributed by atoms with Crippen LogP contribution in [0.4, 0.5) is 14.5 Å². The van der Waals surface area contributed by atoms with Crippen molar-refractivity contribution in [3.63, 3.8) is 0 Å². The first-order chi connectivity index (χ1) is 17.0. The zero-order valence-corrected chi connectivity index (χ0v) is 18.9. The van der Waals surface area contributed by atoms with E-state index in [1.54, 1.807) is 6.07 Å². The zero-order valence-electron chi connectivity index (χ0n) is 18.9. The van der Waals surface area contributed by atoms with Gasteiger partial charge in [0.2, 0.25) is 12.2 Å². The predicted molar refractivity (Wildman–Crippen MR) is 126 cm³/mol. The van der Waals surface area contributed by atoms with Gasteiger partial charge in [0.15, 0.2) is 0 Å². The maximum atomic E-state index is 13.3. The summed E-state index contributed by atoms with van der Waals surface area (Å²) < 4.78 is 39.5. The first-order valence-corrected chi connectivity index (χ1v) is 11.4. The Bertz CT molecular complexity index is 1340. The summed E-state index contributed by atoms with van der Waals surface area (Å²) >= 11 is 0. The van der Waals surface area contributed by atoms with Crippen molar-refractivity contribution in [3.05, 3.63) is 54.2 Å². The molecule has 2 aromatic heterocycles. The molecule has 2 aromatic carbocycles. The minimum atomic E-state index is -2.48. The van der Waals surface area contributed by atoms with Crippen LogP contribution in [-0.4, -0.2) is 58.5 Å². The van der Waals surface area contributed by atoms with Crippen molar-refractivity contribution < 1.29 is 27.9 Å². The lowest BCUT2D eigenvalue weighted by atomic mass is 10.0. The summed E-state index contributed by atoms with van der Waals surface area (Å²) in [5, 5.41) is 14.0. The maximum Gasteiger partial charge on any atom is 0.305 e. The average Bonchev–Trinajstić information content (AvgIpc) is 3.50. The molecular weight excluding hydrogens is 458 g/mol. The summed E-state index contributed by atoms with van der Waals surface area (Å²) in [5.41, 5.74) is 3.47. The Balaban J connectivity index is 1.46. The first-order valence-electron chi connectivity index (χ1n) is 11.4. The molecule has 1 N–H and O–H groups in total. The molecule has 10 heteroatoms. The molecular formula is C25H24F2N4O4. The third kappa shape index (κ3) is 4.88. The number of aryl methyl sites for hydroxylation is 1. The molecule has 182 valence electrons. The minimum Gasteiger partial charge on any atom is -0.481 e. The monoisotopic (exact) mass is 482 g/mol. The van der Waals surface area contributed by atoms with Crippen LogP contribution in [0, 0.1) is 0 Å². The number of ether oxygens (including phenoxy) is 1. The van der Waals surface area contributed by atoms with Gasteiger partial charge in [-0.1, -0.05) is 11.2 Å². The van der Waals surface area contributed by atoms with E-state index in [1.807, 2.05) is 47.2 Å². The summed E-state index contributed by atoms with van der Waals surface area (Å²) in [4.78, 5) is 17.6. The van der Waals surface area contributed by atoms with Gasteiger partial charge in [0, 0.05) is 60.0 Å². The fraction of sp³-hybridized carbons (Fsp3) is 0.320. The predicted octanol–water partition coefficient (Wildman–Crippen LogP) is 4.48. The Morgan fingerprint density at radius 3 is 2.74 bits per heavy atom. The van der Waals surface area contributed by atoms with Gasteiger partial charge >= 0.3 is 5.97 Å². The second-order valence-electron chi connectivity index (χ2n) is 8.35. The number of nitrogens with zero attached hydrogens (tertiary/aromatic N) is 4. The van der Waals surface area contributed by atoms with Crippen LogP contribution in [0.15, 0.2) is 53.2 Å². The van der Waals surface area contributed by atoms with E-state index >= 15 is 0 Å². The number of carboxylic acids is 1. The number of aromatic nitrogens is 3. The first kappa shape index (κ1) is 23.0. The van der Waals surface area contributed by atoms with E-state index in [0.29, 0.717) is 61.3 Å². The molecule has 5 rings (SSSR count). The molecule has 0 spiro atoms. The molecule has 4 aromatic rings. The highest BCUT2D eigenvalue weighted by Gasteiger charge is 2.20. The highest BCUT2D eigenvalue weighted by atomic mass is 19.3. The number of carbonyl (C=O) groups is 1. The summed E-state index contributed by atoms with van der Waals surface area (Å²) in [7, 11) is 0. The second-order valence-corrected chi connectivity index (χ2v) is 8.35. The van der Waals surface area contributed by atoms with Crippen LogP contribution in [-0.2, 0) is 22.5 Å². The van der Waals surface area contributed by atoms with E-state index in [9.17, 15) is 13.6 Å². The molecule has 0 bridgehead atoms. The van der Waals surface area contributed by atoms with Crippen molar-refractivity contribution >= 4 is 22.6 Å². The quantitative estimate of drug-likeness (QED) is 0.396. The largest absolute Gasteiger partial charge is 0.481 e. The maximum absolute atomic E-state index is 13.3. The molecule has 3 heterocycles. The molecule has 0 unspecified atom stereocenters. The fourth-order valence-corrected chi connectivity index (χ4v) is 4.44. The third-order valence-electron chi connectivity index (χ3n) is 6.10. The van der Waals surface area contributed by atoms with Gasteiger partial charge in [-0.2, -0.15) is 4.98 Å². The Morgan fingerprint density at radius 1 is 1.14 bits per heavy atom. The molecule has 1 saturated heterocycles. The molecule has 1 fully saturated rings. The van der Waals surface area contributed by atoms with Gasteiger partial charge in [0.1, 0.15) is 0 Å². The highest BCUT2D eigenvalue weighted by molar-refractivity contribution is 5.93. The number of halogens is 2. The summed E-state index contributed by atoms with van der Waals surface area (Å²) in [5.74, 6) is -0.254. The molecule has 0 saturated carbocycles. The molecule has 1 aliphatic rings. The smallest absolute Gasteiger partial charge is 0.305 e. The van der Waals surface area contributed by atoms with Gasteiger partial charge in [-0.05, 0) is 42.0 Å². The number of hydrogen-bond donors (Lipinski definition) is 1. The normalized spacial score (nSPS) is 14.2. The van der Waals surface area contributed by atoms with Crippen LogP contribution < -0.4 is 4.90 Å². The summed E-state index contributed by atoms with van der Waals surface area (Å²) in [6, 6.07) is 12.8. The number of morpholine rings is 1. The number of carboxylic acid groups (broad SMARTS) is 1. The topological polar surface area (TPSA) is 93.6 Å². The average molecular weight is 482 g/mol. The molecule has 0 radical (unpaired) electrons. The lowest BCUT2D eigenvalue weighted by Crippen LogP contribution is -2.36. The summed E-state index contributed by atoms with van der Waals surface area (Å²) in [6.45, 7) is 2.77. The van der Waals surface area contributed by atoms with E-state index in [1.165, 1.54) is 0 Å². The third-order valence-corrected chi connectivity index (χ3v) is 6.10. The fourth-order valence-electron chi connectivity index (χ4n) is 4.44. The van der Waals surface area contributed by atoms with E-state index in [2.05, 4.69) is 15.0 Å². The number of aliphatic carboxylic acids is 1. The van der Waals surface area contributed by atoms with Crippen LogP contribution in [0.5, 0.6) is 0 Å². The van der Waals surface area contributed by atoms with Crippen LogP contribution in [0.3, 0.4) is 0 Å². The van der Waals surface area contributed by atoms with Crippen LogP contribution in [0.2, 0.25) is 0 Å². The second kappa shape index (κ2) is 9.83. The zero-order chi connectivity index (χ0) is 24.4. The van der Waals surface area contributed by atoms with Gasteiger partial charge in [-0.3, -0.25) is 4.79 Å². The Hall–Kier alpha value is -3.79. The molecule has 35 heavy (non-hydrogen) atoms. The van der Waals surface area contributed by atoms with Gasteiger partial charge in [-0.15, -0.1) is 0 Å². The van der Waals surface area contributed by atoms with Gasteiger partial charge < -0.3 is 23.8 Å². The molecule has 0 atom stereocenters. The number of hydrogen-bond acceptors (Lipinski definition) is 6. The van der Waals surface area contributed by atoms with Gasteiger partial charge in [0.25, 0.3) is 5.89 Å². The van der Waals surface area contributed by atoms with Crippen molar-refractivity contribution in [1.29, 1.82) is 0 Å². The highest BCUT2D eigenvalue weighted by Crippen LogP contribution is 2.32. The van der Waals surface area contributed by atoms with Crippen LogP contribution in [0.25, 0.3) is 33.7 Å². The molecule has 1 aliphatic heterocycles. The molecule has 0 aliphatic carbocycles. The number of alkyl halides is 2. The lowest BCUT2D eigenvalue weighted by Gasteiger charge is -2.30. The van der Waals surface area contributed by atoms with Crippen molar-refractivity contribution in [2.75, 3.05) is 31.2 Å². The van der Waals surface area contributed by atoms with E-state index < -0.39 is 12.4 Å². The lowest BCUT2D eigenvalue weighted by molar-refractivity contribution is -0.137. The van der Waals surface area contributed by atoms with Gasteiger partial charge in [-0.25, -0.2) is 8.78 Å². The van der Waals surface area contributed by atoms with Crippen molar-refractivity contribution in [2.45, 2.75) is 25.8 Å². The Morgan fingerprint density at radius 2 is 1.97 bits per heavy atom. The van der Waals surface area contributed by atoms with Crippen molar-refractivity contribution in [2.24, 2.45) is 0 Å². The minimum absolute atomic E-state index is 0.0140.